The fourth-order valence-corrected chi connectivity index (χ4v) is 3.26. The first kappa shape index (κ1) is 11.9. The van der Waals surface area contributed by atoms with Gasteiger partial charge in [-0.2, -0.15) is 5.26 Å². The number of nitrogens with zero attached hydrogens (tertiary/aromatic N) is 3. The molecule has 1 saturated carbocycles. The Morgan fingerprint density at radius 3 is 2.38 bits per heavy atom. The summed E-state index contributed by atoms with van der Waals surface area (Å²) in [4.78, 5) is 4.91. The molecule has 1 heterocycles. The predicted molar refractivity (Wildman–Crippen MR) is 65.0 cm³/mol. The van der Waals surface area contributed by atoms with Gasteiger partial charge in [-0.3, -0.25) is 4.90 Å². The molecule has 16 heavy (non-hydrogen) atoms. The van der Waals surface area contributed by atoms with Gasteiger partial charge in [-0.05, 0) is 52.9 Å². The average molecular weight is 221 g/mol. The van der Waals surface area contributed by atoms with Crippen molar-refractivity contribution in [1.29, 1.82) is 5.26 Å². The van der Waals surface area contributed by atoms with Crippen LogP contribution in [0.2, 0.25) is 0 Å². The van der Waals surface area contributed by atoms with Crippen LogP contribution >= 0.6 is 0 Å². The van der Waals surface area contributed by atoms with E-state index < -0.39 is 0 Å². The van der Waals surface area contributed by atoms with E-state index in [4.69, 9.17) is 5.26 Å². The summed E-state index contributed by atoms with van der Waals surface area (Å²) in [5.41, 5.74) is 0. The van der Waals surface area contributed by atoms with Crippen molar-refractivity contribution in [3.63, 3.8) is 0 Å². The Labute approximate surface area is 99.0 Å². The molecule has 0 spiro atoms. The Morgan fingerprint density at radius 2 is 1.81 bits per heavy atom. The van der Waals surface area contributed by atoms with Crippen molar-refractivity contribution < 1.29 is 0 Å². The third-order valence-corrected chi connectivity index (χ3v) is 4.34. The van der Waals surface area contributed by atoms with Gasteiger partial charge in [0, 0.05) is 12.1 Å². The molecule has 90 valence electrons. The minimum atomic E-state index is 0.302. The summed E-state index contributed by atoms with van der Waals surface area (Å²) in [5, 5.41) is 9.12. The highest BCUT2D eigenvalue weighted by Gasteiger charge is 2.34. The van der Waals surface area contributed by atoms with Crippen molar-refractivity contribution in [2.24, 2.45) is 5.92 Å². The number of piperidine rings is 1. The van der Waals surface area contributed by atoms with Gasteiger partial charge < -0.3 is 4.90 Å². The van der Waals surface area contributed by atoms with Crippen LogP contribution in [-0.4, -0.2) is 49.1 Å². The number of rotatable bonds is 2. The van der Waals surface area contributed by atoms with E-state index in [1.807, 2.05) is 0 Å². The molecule has 0 radical (unpaired) electrons. The second-order valence-electron chi connectivity index (χ2n) is 5.46. The molecule has 1 aliphatic carbocycles. The number of likely N-dealkylation sites (tertiary alicyclic amines) is 1. The highest BCUT2D eigenvalue weighted by molar-refractivity contribution is 4.98. The van der Waals surface area contributed by atoms with Gasteiger partial charge in [-0.15, -0.1) is 0 Å². The zero-order valence-corrected chi connectivity index (χ0v) is 10.5. The standard InChI is InChI=1S/C13H23N3/c1-15(2)12-6-8-16(9-7-12)13-5-3-4-11(13)10-14/h11-13H,3-9H2,1-2H3. The van der Waals surface area contributed by atoms with Crippen LogP contribution in [0.15, 0.2) is 0 Å². The van der Waals surface area contributed by atoms with Crippen LogP contribution in [0, 0.1) is 17.2 Å². The zero-order chi connectivity index (χ0) is 11.5. The lowest BCUT2D eigenvalue weighted by Gasteiger charge is -2.39. The SMILES string of the molecule is CN(C)C1CCN(C2CCCC2C#N)CC1. The largest absolute Gasteiger partial charge is 0.306 e. The summed E-state index contributed by atoms with van der Waals surface area (Å²) in [6.45, 7) is 2.37. The molecule has 1 aliphatic heterocycles. The summed E-state index contributed by atoms with van der Waals surface area (Å²) < 4.78 is 0. The Bertz CT molecular complexity index is 261. The molecular weight excluding hydrogens is 198 g/mol. The van der Waals surface area contributed by atoms with Crippen molar-refractivity contribution in [3.8, 4) is 6.07 Å². The third kappa shape index (κ3) is 2.39. The number of hydrogen-bond donors (Lipinski definition) is 0. The molecule has 3 heteroatoms. The maximum absolute atomic E-state index is 9.12. The predicted octanol–water partition coefficient (Wildman–Crippen LogP) is 1.70. The highest BCUT2D eigenvalue weighted by Crippen LogP contribution is 2.31. The molecule has 2 unspecified atom stereocenters. The first-order valence-electron chi connectivity index (χ1n) is 6.52. The molecule has 0 aromatic rings. The van der Waals surface area contributed by atoms with Gasteiger partial charge in [-0.25, -0.2) is 0 Å². The number of nitriles is 1. The van der Waals surface area contributed by atoms with E-state index in [-0.39, 0.29) is 0 Å². The van der Waals surface area contributed by atoms with Crippen molar-refractivity contribution in [2.75, 3.05) is 27.2 Å². The van der Waals surface area contributed by atoms with Gasteiger partial charge >= 0.3 is 0 Å². The van der Waals surface area contributed by atoms with Gasteiger partial charge in [0.05, 0.1) is 12.0 Å². The van der Waals surface area contributed by atoms with E-state index in [1.165, 1.54) is 38.8 Å². The minimum absolute atomic E-state index is 0.302. The minimum Gasteiger partial charge on any atom is -0.306 e. The van der Waals surface area contributed by atoms with Gasteiger partial charge in [0.25, 0.3) is 0 Å². The zero-order valence-electron chi connectivity index (χ0n) is 10.5. The molecule has 0 amide bonds. The average Bonchev–Trinajstić information content (AvgIpc) is 2.77. The molecule has 0 N–H and O–H groups in total. The molecule has 0 aromatic heterocycles. The Kier molecular flexibility index (Phi) is 3.83. The molecule has 2 rings (SSSR count). The summed E-state index contributed by atoms with van der Waals surface area (Å²) in [7, 11) is 4.35. The lowest BCUT2D eigenvalue weighted by molar-refractivity contribution is 0.0996. The maximum Gasteiger partial charge on any atom is 0.0672 e. The quantitative estimate of drug-likeness (QED) is 0.711. The van der Waals surface area contributed by atoms with Gasteiger partial charge in [-0.1, -0.05) is 6.42 Å². The Balaban J connectivity index is 1.87. The fourth-order valence-electron chi connectivity index (χ4n) is 3.26. The Hall–Kier alpha value is -0.590. The summed E-state index contributed by atoms with van der Waals surface area (Å²) in [6, 6.07) is 3.80. The first-order valence-corrected chi connectivity index (χ1v) is 6.52. The molecule has 2 aliphatic rings. The second kappa shape index (κ2) is 5.16. The van der Waals surface area contributed by atoms with E-state index in [1.54, 1.807) is 0 Å². The van der Waals surface area contributed by atoms with Crippen molar-refractivity contribution >= 4 is 0 Å². The summed E-state index contributed by atoms with van der Waals surface area (Å²) >= 11 is 0. The van der Waals surface area contributed by atoms with E-state index in [9.17, 15) is 0 Å². The second-order valence-corrected chi connectivity index (χ2v) is 5.46. The molecule has 2 atom stereocenters. The van der Waals surface area contributed by atoms with Gasteiger partial charge in [0.1, 0.15) is 0 Å². The molecule has 1 saturated heterocycles. The molecule has 0 aromatic carbocycles. The molecular formula is C13H23N3. The van der Waals surface area contributed by atoms with Crippen LogP contribution in [0.3, 0.4) is 0 Å². The van der Waals surface area contributed by atoms with E-state index in [2.05, 4.69) is 30.0 Å². The molecule has 0 bridgehead atoms. The van der Waals surface area contributed by atoms with E-state index in [0.29, 0.717) is 12.0 Å². The van der Waals surface area contributed by atoms with Gasteiger partial charge in [0.2, 0.25) is 0 Å². The van der Waals surface area contributed by atoms with Crippen LogP contribution in [-0.2, 0) is 0 Å². The lowest BCUT2D eigenvalue weighted by atomic mass is 9.98. The van der Waals surface area contributed by atoms with Crippen LogP contribution in [0.5, 0.6) is 0 Å². The summed E-state index contributed by atoms with van der Waals surface area (Å²) in [5.74, 6) is 0.302. The van der Waals surface area contributed by atoms with E-state index in [0.717, 1.165) is 12.5 Å². The van der Waals surface area contributed by atoms with Gasteiger partial charge in [0.15, 0.2) is 0 Å². The highest BCUT2D eigenvalue weighted by atomic mass is 15.2. The van der Waals surface area contributed by atoms with Crippen LogP contribution < -0.4 is 0 Å². The fraction of sp³-hybridized carbons (Fsp3) is 0.923. The third-order valence-electron chi connectivity index (χ3n) is 4.34. The lowest BCUT2D eigenvalue weighted by Crippen LogP contribution is -2.47. The monoisotopic (exact) mass is 221 g/mol. The smallest absolute Gasteiger partial charge is 0.0672 e. The van der Waals surface area contributed by atoms with Crippen molar-refractivity contribution in [2.45, 2.75) is 44.2 Å². The first-order chi connectivity index (χ1) is 7.72. The summed E-state index contributed by atoms with van der Waals surface area (Å²) in [6.07, 6.45) is 6.14. The number of hydrogen-bond acceptors (Lipinski definition) is 3. The van der Waals surface area contributed by atoms with Crippen molar-refractivity contribution in [3.05, 3.63) is 0 Å². The van der Waals surface area contributed by atoms with Crippen LogP contribution in [0.1, 0.15) is 32.1 Å². The normalized spacial score (nSPS) is 33.1. The van der Waals surface area contributed by atoms with Crippen LogP contribution in [0.25, 0.3) is 0 Å². The van der Waals surface area contributed by atoms with E-state index >= 15 is 0 Å². The topological polar surface area (TPSA) is 30.3 Å². The maximum atomic E-state index is 9.12. The van der Waals surface area contributed by atoms with Crippen molar-refractivity contribution in [1.82, 2.24) is 9.80 Å². The van der Waals surface area contributed by atoms with Crippen LogP contribution in [0.4, 0.5) is 0 Å². The molecule has 2 fully saturated rings. The Morgan fingerprint density at radius 1 is 1.12 bits per heavy atom. The molecule has 3 nitrogen and oxygen atoms in total.